The fourth-order valence-electron chi connectivity index (χ4n) is 2.69. The second-order valence-electron chi connectivity index (χ2n) is 6.76. The Kier molecular flexibility index (Phi) is 4.41. The minimum Gasteiger partial charge on any atom is -0.355 e. The molecule has 7 heteroatoms. The van der Waals surface area contributed by atoms with Crippen molar-refractivity contribution in [1.29, 1.82) is 0 Å². The summed E-state index contributed by atoms with van der Waals surface area (Å²) in [6.45, 7) is 6.23. The number of carbonyl (C=O) groups excluding carboxylic acids is 2. The van der Waals surface area contributed by atoms with Gasteiger partial charge in [0.25, 0.3) is 0 Å². The van der Waals surface area contributed by atoms with Crippen LogP contribution in [-0.2, 0) is 15.8 Å². The molecule has 1 aliphatic rings. The normalized spacial score (nSPS) is 21.9. The van der Waals surface area contributed by atoms with Crippen molar-refractivity contribution in [3.8, 4) is 0 Å². The van der Waals surface area contributed by atoms with Gasteiger partial charge in [-0.05, 0) is 29.7 Å². The van der Waals surface area contributed by atoms with Crippen LogP contribution in [0.4, 0.5) is 18.9 Å². The van der Waals surface area contributed by atoms with Crippen LogP contribution in [0.5, 0.6) is 0 Å². The van der Waals surface area contributed by atoms with Gasteiger partial charge in [0, 0.05) is 18.2 Å². The van der Waals surface area contributed by atoms with Crippen LogP contribution in [0, 0.1) is 17.3 Å². The second-order valence-corrected chi connectivity index (χ2v) is 6.76. The molecular weight excluding hydrogens is 309 g/mol. The van der Waals surface area contributed by atoms with E-state index in [2.05, 4.69) is 10.6 Å². The minimum absolute atomic E-state index is 0.176. The summed E-state index contributed by atoms with van der Waals surface area (Å²) >= 11 is 0. The van der Waals surface area contributed by atoms with Gasteiger partial charge in [0.1, 0.15) is 5.92 Å². The van der Waals surface area contributed by atoms with Gasteiger partial charge in [-0.25, -0.2) is 0 Å². The van der Waals surface area contributed by atoms with Crippen LogP contribution in [0.25, 0.3) is 0 Å². The number of halogens is 3. The first-order valence-corrected chi connectivity index (χ1v) is 7.26. The van der Waals surface area contributed by atoms with E-state index >= 15 is 0 Å². The summed E-state index contributed by atoms with van der Waals surface area (Å²) in [6, 6.07) is 4.15. The van der Waals surface area contributed by atoms with Gasteiger partial charge in [0.2, 0.25) is 11.8 Å². The highest BCUT2D eigenvalue weighted by atomic mass is 19.4. The zero-order valence-electron chi connectivity index (χ0n) is 13.1. The zero-order valence-corrected chi connectivity index (χ0v) is 13.1. The number of nitrogens with one attached hydrogen (secondary N) is 2. The Morgan fingerprint density at radius 2 is 1.74 bits per heavy atom. The first-order chi connectivity index (χ1) is 10.5. The summed E-state index contributed by atoms with van der Waals surface area (Å²) in [5.74, 6) is -1.88. The predicted molar refractivity (Wildman–Crippen MR) is 79.5 cm³/mol. The molecule has 0 aromatic heterocycles. The van der Waals surface area contributed by atoms with Gasteiger partial charge in [-0.2, -0.15) is 13.2 Å². The van der Waals surface area contributed by atoms with Gasteiger partial charge in [-0.15, -0.1) is 0 Å². The van der Waals surface area contributed by atoms with Crippen LogP contribution in [0.2, 0.25) is 0 Å². The molecule has 1 aromatic rings. The molecule has 0 bridgehead atoms. The van der Waals surface area contributed by atoms with E-state index in [0.717, 1.165) is 12.1 Å². The Bertz CT molecular complexity index is 603. The van der Waals surface area contributed by atoms with E-state index in [1.54, 1.807) is 0 Å². The van der Waals surface area contributed by atoms with E-state index in [-0.39, 0.29) is 22.9 Å². The average Bonchev–Trinajstić information content (AvgIpc) is 2.80. The average molecular weight is 328 g/mol. The lowest BCUT2D eigenvalue weighted by molar-refractivity contribution is -0.137. The number of anilines is 1. The number of carbonyl (C=O) groups is 2. The lowest BCUT2D eigenvalue weighted by Gasteiger charge is -2.29. The maximum Gasteiger partial charge on any atom is 0.416 e. The summed E-state index contributed by atoms with van der Waals surface area (Å²) in [7, 11) is 0. The molecule has 4 nitrogen and oxygen atoms in total. The summed E-state index contributed by atoms with van der Waals surface area (Å²) in [6.07, 6.45) is -4.43. The lowest BCUT2D eigenvalue weighted by atomic mass is 9.74. The topological polar surface area (TPSA) is 58.2 Å². The molecule has 126 valence electrons. The molecule has 0 aliphatic carbocycles. The molecule has 1 heterocycles. The number of hydrogen-bond acceptors (Lipinski definition) is 2. The first kappa shape index (κ1) is 17.3. The van der Waals surface area contributed by atoms with E-state index < -0.39 is 23.6 Å². The maximum atomic E-state index is 12.5. The van der Waals surface area contributed by atoms with Gasteiger partial charge in [-0.3, -0.25) is 9.59 Å². The highest BCUT2D eigenvalue weighted by Crippen LogP contribution is 2.36. The van der Waals surface area contributed by atoms with Crippen LogP contribution in [0.15, 0.2) is 24.3 Å². The van der Waals surface area contributed by atoms with Crippen molar-refractivity contribution in [1.82, 2.24) is 5.32 Å². The standard InChI is InChI=1S/C16H19F3N2O2/c1-15(2,3)11-8-20-13(22)12(11)14(23)21-10-6-4-9(5-7-10)16(17,18)19/h4-7,11-12H,8H2,1-3H3,(H,20,22)(H,21,23)/t11-,12+/m1/s1. The molecule has 2 rings (SSSR count). The third-order valence-corrected chi connectivity index (χ3v) is 4.06. The maximum absolute atomic E-state index is 12.5. The van der Waals surface area contributed by atoms with Crippen molar-refractivity contribution in [2.75, 3.05) is 11.9 Å². The summed E-state index contributed by atoms with van der Waals surface area (Å²) in [4.78, 5) is 24.3. The van der Waals surface area contributed by atoms with E-state index in [9.17, 15) is 22.8 Å². The fourth-order valence-corrected chi connectivity index (χ4v) is 2.69. The van der Waals surface area contributed by atoms with Crippen molar-refractivity contribution in [2.24, 2.45) is 17.3 Å². The highest BCUT2D eigenvalue weighted by molar-refractivity contribution is 6.07. The summed E-state index contributed by atoms with van der Waals surface area (Å²) in [5, 5.41) is 5.20. The number of alkyl halides is 3. The smallest absolute Gasteiger partial charge is 0.355 e. The molecular formula is C16H19F3N2O2. The summed E-state index contributed by atoms with van der Waals surface area (Å²) < 4.78 is 37.6. The lowest BCUT2D eigenvalue weighted by Crippen LogP contribution is -2.37. The fraction of sp³-hybridized carbons (Fsp3) is 0.500. The van der Waals surface area contributed by atoms with Crippen LogP contribution in [-0.4, -0.2) is 18.4 Å². The quantitative estimate of drug-likeness (QED) is 0.820. The van der Waals surface area contributed by atoms with Crippen molar-refractivity contribution < 1.29 is 22.8 Å². The molecule has 23 heavy (non-hydrogen) atoms. The number of rotatable bonds is 2. The molecule has 0 radical (unpaired) electrons. The van der Waals surface area contributed by atoms with E-state index in [1.807, 2.05) is 20.8 Å². The Morgan fingerprint density at radius 1 is 1.17 bits per heavy atom. The SMILES string of the molecule is CC(C)(C)[C@@H]1CNC(=O)[C@H]1C(=O)Nc1ccc(C(F)(F)F)cc1. The monoisotopic (exact) mass is 328 g/mol. The zero-order chi connectivity index (χ0) is 17.4. The molecule has 1 aromatic carbocycles. The predicted octanol–water partition coefficient (Wildman–Crippen LogP) is 3.05. The molecule has 2 N–H and O–H groups in total. The highest BCUT2D eigenvalue weighted by Gasteiger charge is 2.45. The van der Waals surface area contributed by atoms with Gasteiger partial charge in [0.05, 0.1) is 5.56 Å². The largest absolute Gasteiger partial charge is 0.416 e. The molecule has 2 atom stereocenters. The van der Waals surface area contributed by atoms with Crippen LogP contribution in [0.1, 0.15) is 26.3 Å². The molecule has 1 saturated heterocycles. The number of hydrogen-bond donors (Lipinski definition) is 2. The van der Waals surface area contributed by atoms with Crippen LogP contribution >= 0.6 is 0 Å². The minimum atomic E-state index is -4.43. The molecule has 0 spiro atoms. The van der Waals surface area contributed by atoms with Gasteiger partial charge in [-0.1, -0.05) is 20.8 Å². The Hall–Kier alpha value is -2.05. The molecule has 2 amide bonds. The van der Waals surface area contributed by atoms with Crippen molar-refractivity contribution in [2.45, 2.75) is 26.9 Å². The Morgan fingerprint density at radius 3 is 2.22 bits per heavy atom. The van der Waals surface area contributed by atoms with E-state index in [4.69, 9.17) is 0 Å². The molecule has 1 aliphatic heterocycles. The molecule has 0 saturated carbocycles. The summed E-state index contributed by atoms with van der Waals surface area (Å²) in [5.41, 5.74) is -0.807. The molecule has 0 unspecified atom stereocenters. The second kappa shape index (κ2) is 5.86. The van der Waals surface area contributed by atoms with Crippen molar-refractivity contribution in [3.63, 3.8) is 0 Å². The molecule has 1 fully saturated rings. The van der Waals surface area contributed by atoms with Gasteiger partial charge in [0.15, 0.2) is 0 Å². The van der Waals surface area contributed by atoms with Crippen LogP contribution in [0.3, 0.4) is 0 Å². The van der Waals surface area contributed by atoms with Gasteiger partial charge >= 0.3 is 6.18 Å². The Balaban J connectivity index is 2.13. The van der Waals surface area contributed by atoms with Gasteiger partial charge < -0.3 is 10.6 Å². The van der Waals surface area contributed by atoms with E-state index in [1.165, 1.54) is 12.1 Å². The Labute approximate surface area is 132 Å². The third kappa shape index (κ3) is 3.83. The van der Waals surface area contributed by atoms with Crippen LogP contribution < -0.4 is 10.6 Å². The number of benzene rings is 1. The van der Waals surface area contributed by atoms with Crippen molar-refractivity contribution in [3.05, 3.63) is 29.8 Å². The van der Waals surface area contributed by atoms with Crippen molar-refractivity contribution >= 4 is 17.5 Å². The van der Waals surface area contributed by atoms with E-state index in [0.29, 0.717) is 6.54 Å². The number of amides is 2. The first-order valence-electron chi connectivity index (χ1n) is 7.26. The third-order valence-electron chi connectivity index (χ3n) is 4.06.